The predicted molar refractivity (Wildman–Crippen MR) is 69.9 cm³/mol. The number of aliphatic hydroxyl groups excluding tert-OH is 1. The summed E-state index contributed by atoms with van der Waals surface area (Å²) in [6, 6.07) is 0. The molecule has 112 valence electrons. The van der Waals surface area contributed by atoms with Crippen LogP contribution in [-0.4, -0.2) is 56.1 Å². The summed E-state index contributed by atoms with van der Waals surface area (Å²) in [5.74, 6) is 0.0201. The monoisotopic (exact) mass is 274 g/mol. The molecule has 2 unspecified atom stereocenters. The Labute approximate surface area is 115 Å². The maximum Gasteiger partial charge on any atom is 0.171 e. The molecule has 1 aliphatic carbocycles. The van der Waals surface area contributed by atoms with Gasteiger partial charge in [-0.25, -0.2) is 0 Å². The van der Waals surface area contributed by atoms with Gasteiger partial charge in [-0.15, -0.1) is 0 Å². The second-order valence-corrected chi connectivity index (χ2v) is 5.80. The molecule has 2 atom stereocenters. The van der Waals surface area contributed by atoms with Gasteiger partial charge >= 0.3 is 0 Å². The smallest absolute Gasteiger partial charge is 0.171 e. The van der Waals surface area contributed by atoms with Crippen molar-refractivity contribution in [2.45, 2.75) is 51.1 Å². The van der Waals surface area contributed by atoms with Crippen LogP contribution in [0.1, 0.15) is 33.1 Å². The third kappa shape index (κ3) is 4.39. The van der Waals surface area contributed by atoms with E-state index < -0.39 is 11.9 Å². The van der Waals surface area contributed by atoms with Crippen molar-refractivity contribution in [3.63, 3.8) is 0 Å². The molecular formula is C14H26O5. The van der Waals surface area contributed by atoms with Crippen LogP contribution in [0, 0.1) is 5.92 Å². The zero-order chi connectivity index (χ0) is 13.7. The lowest BCUT2D eigenvalue weighted by Gasteiger charge is -2.38. The van der Waals surface area contributed by atoms with Crippen molar-refractivity contribution >= 4 is 0 Å². The molecule has 1 aliphatic heterocycles. The van der Waals surface area contributed by atoms with Crippen LogP contribution >= 0.6 is 0 Å². The molecule has 19 heavy (non-hydrogen) atoms. The number of aliphatic hydroxyl groups is 1. The van der Waals surface area contributed by atoms with Gasteiger partial charge in [-0.05, 0) is 12.3 Å². The number of hydrogen-bond donors (Lipinski definition) is 1. The molecular weight excluding hydrogens is 248 g/mol. The minimum atomic E-state index is -0.511. The average molecular weight is 274 g/mol. The highest BCUT2D eigenvalue weighted by molar-refractivity contribution is 4.88. The number of ether oxygens (including phenoxy) is 4. The molecule has 1 N–H and O–H groups in total. The first kappa shape index (κ1) is 15.2. The molecule has 1 saturated carbocycles. The summed E-state index contributed by atoms with van der Waals surface area (Å²) in [4.78, 5) is 0. The van der Waals surface area contributed by atoms with Crippen molar-refractivity contribution in [3.05, 3.63) is 0 Å². The van der Waals surface area contributed by atoms with Crippen LogP contribution < -0.4 is 0 Å². The summed E-state index contributed by atoms with van der Waals surface area (Å²) in [6.07, 6.45) is 1.38. The summed E-state index contributed by atoms with van der Waals surface area (Å²) in [6.45, 7) is 7.32. The van der Waals surface area contributed by atoms with Crippen molar-refractivity contribution < 1.29 is 24.1 Å². The Morgan fingerprint density at radius 1 is 1.26 bits per heavy atom. The third-order valence-corrected chi connectivity index (χ3v) is 3.59. The van der Waals surface area contributed by atoms with E-state index in [1.165, 1.54) is 0 Å². The second-order valence-electron chi connectivity index (χ2n) is 5.80. The summed E-state index contributed by atoms with van der Waals surface area (Å²) < 4.78 is 22.5. The molecule has 0 amide bonds. The van der Waals surface area contributed by atoms with E-state index in [1.807, 2.05) is 0 Å². The van der Waals surface area contributed by atoms with Gasteiger partial charge in [0.15, 0.2) is 5.79 Å². The van der Waals surface area contributed by atoms with E-state index in [0.717, 1.165) is 13.0 Å². The van der Waals surface area contributed by atoms with Gasteiger partial charge in [-0.3, -0.25) is 0 Å². The Hall–Kier alpha value is -0.200. The van der Waals surface area contributed by atoms with Crippen LogP contribution in [-0.2, 0) is 18.9 Å². The fourth-order valence-electron chi connectivity index (χ4n) is 2.60. The van der Waals surface area contributed by atoms with E-state index in [0.29, 0.717) is 45.2 Å². The van der Waals surface area contributed by atoms with E-state index in [9.17, 15) is 5.11 Å². The first-order chi connectivity index (χ1) is 9.11. The molecule has 5 nitrogen and oxygen atoms in total. The van der Waals surface area contributed by atoms with E-state index in [-0.39, 0.29) is 6.10 Å². The molecule has 2 fully saturated rings. The predicted octanol–water partition coefficient (Wildman–Crippen LogP) is 1.33. The summed E-state index contributed by atoms with van der Waals surface area (Å²) >= 11 is 0. The highest BCUT2D eigenvalue weighted by Gasteiger charge is 2.45. The van der Waals surface area contributed by atoms with E-state index in [4.69, 9.17) is 18.9 Å². The molecule has 0 aromatic carbocycles. The van der Waals surface area contributed by atoms with Crippen LogP contribution in [0.4, 0.5) is 0 Å². The molecule has 0 aromatic heterocycles. The van der Waals surface area contributed by atoms with Gasteiger partial charge < -0.3 is 24.1 Å². The van der Waals surface area contributed by atoms with Gasteiger partial charge in [-0.2, -0.15) is 0 Å². The lowest BCUT2D eigenvalue weighted by atomic mass is 9.89. The van der Waals surface area contributed by atoms with Gasteiger partial charge in [0, 0.05) is 19.4 Å². The SMILES string of the molecule is CC(C)COCCOC1CC2(CCC1O)OCCO2. The Kier molecular flexibility index (Phi) is 5.59. The van der Waals surface area contributed by atoms with Crippen molar-refractivity contribution in [2.75, 3.05) is 33.0 Å². The Morgan fingerprint density at radius 2 is 2.00 bits per heavy atom. The Bertz CT molecular complexity index is 263. The van der Waals surface area contributed by atoms with Crippen molar-refractivity contribution in [2.24, 2.45) is 5.92 Å². The topological polar surface area (TPSA) is 57.2 Å². The van der Waals surface area contributed by atoms with Gasteiger partial charge in [0.05, 0.1) is 38.6 Å². The highest BCUT2D eigenvalue weighted by Crippen LogP contribution is 2.37. The quantitative estimate of drug-likeness (QED) is 0.741. The Balaban J connectivity index is 1.69. The zero-order valence-corrected chi connectivity index (χ0v) is 12.0. The lowest BCUT2D eigenvalue weighted by molar-refractivity contribution is -0.222. The number of hydrogen-bond acceptors (Lipinski definition) is 5. The summed E-state index contributed by atoms with van der Waals surface area (Å²) in [5, 5.41) is 9.98. The maximum absolute atomic E-state index is 9.98. The van der Waals surface area contributed by atoms with Crippen molar-refractivity contribution in [3.8, 4) is 0 Å². The summed E-state index contributed by atoms with van der Waals surface area (Å²) in [7, 11) is 0. The molecule has 0 aromatic rings. The second kappa shape index (κ2) is 6.99. The standard InChI is InChI=1S/C14H26O5/c1-11(2)10-16-5-6-17-13-9-14(4-3-12(13)15)18-7-8-19-14/h11-13,15H,3-10H2,1-2H3. The minimum absolute atomic E-state index is 0.213. The molecule has 1 saturated heterocycles. The zero-order valence-electron chi connectivity index (χ0n) is 12.0. The fourth-order valence-corrected chi connectivity index (χ4v) is 2.60. The van der Waals surface area contributed by atoms with Gasteiger partial charge in [-0.1, -0.05) is 13.8 Å². The van der Waals surface area contributed by atoms with Crippen LogP contribution in [0.25, 0.3) is 0 Å². The molecule has 2 rings (SSSR count). The van der Waals surface area contributed by atoms with E-state index in [1.54, 1.807) is 0 Å². The Morgan fingerprint density at radius 3 is 2.68 bits per heavy atom. The van der Waals surface area contributed by atoms with Crippen LogP contribution in [0.5, 0.6) is 0 Å². The van der Waals surface area contributed by atoms with Gasteiger partial charge in [0.25, 0.3) is 0 Å². The lowest BCUT2D eigenvalue weighted by Crippen LogP contribution is -2.46. The normalized spacial score (nSPS) is 30.3. The molecule has 0 radical (unpaired) electrons. The molecule has 1 heterocycles. The van der Waals surface area contributed by atoms with Gasteiger partial charge in [0.1, 0.15) is 0 Å². The highest BCUT2D eigenvalue weighted by atomic mass is 16.7. The minimum Gasteiger partial charge on any atom is -0.390 e. The summed E-state index contributed by atoms with van der Waals surface area (Å²) in [5.41, 5.74) is 0. The molecule has 0 bridgehead atoms. The third-order valence-electron chi connectivity index (χ3n) is 3.59. The van der Waals surface area contributed by atoms with E-state index in [2.05, 4.69) is 13.8 Å². The van der Waals surface area contributed by atoms with Crippen LogP contribution in [0.15, 0.2) is 0 Å². The first-order valence-electron chi connectivity index (χ1n) is 7.27. The van der Waals surface area contributed by atoms with Crippen molar-refractivity contribution in [1.82, 2.24) is 0 Å². The first-order valence-corrected chi connectivity index (χ1v) is 7.27. The number of rotatable bonds is 6. The molecule has 2 aliphatic rings. The fraction of sp³-hybridized carbons (Fsp3) is 1.00. The van der Waals surface area contributed by atoms with Crippen LogP contribution in [0.3, 0.4) is 0 Å². The maximum atomic E-state index is 9.98. The van der Waals surface area contributed by atoms with Gasteiger partial charge in [0.2, 0.25) is 0 Å². The molecule has 1 spiro atoms. The largest absolute Gasteiger partial charge is 0.390 e. The van der Waals surface area contributed by atoms with E-state index >= 15 is 0 Å². The van der Waals surface area contributed by atoms with Crippen molar-refractivity contribution in [1.29, 1.82) is 0 Å². The molecule has 5 heteroatoms. The van der Waals surface area contributed by atoms with Crippen LogP contribution in [0.2, 0.25) is 0 Å². The average Bonchev–Trinajstić information content (AvgIpc) is 2.81.